The molecule has 4 aromatic rings. The summed E-state index contributed by atoms with van der Waals surface area (Å²) in [6, 6.07) is 12.4. The Morgan fingerprint density at radius 2 is 1.86 bits per heavy atom. The average Bonchev–Trinajstić information content (AvgIpc) is 3.10. The number of imidazole rings is 1. The molecule has 2 aromatic heterocycles. The lowest BCUT2D eigenvalue weighted by Gasteiger charge is -2.10. The van der Waals surface area contributed by atoms with Gasteiger partial charge in [0.05, 0.1) is 12.9 Å². The molecule has 0 unspecified atom stereocenters. The number of hydrogen-bond acceptors (Lipinski definition) is 4. The highest BCUT2D eigenvalue weighted by atomic mass is 35.5. The predicted molar refractivity (Wildman–Crippen MR) is 104 cm³/mol. The van der Waals surface area contributed by atoms with Crippen LogP contribution in [0.25, 0.3) is 11.2 Å². The van der Waals surface area contributed by atoms with Crippen LogP contribution in [0.15, 0.2) is 48.8 Å². The quantitative estimate of drug-likeness (QED) is 0.493. The molecule has 28 heavy (non-hydrogen) atoms. The van der Waals surface area contributed by atoms with Crippen molar-refractivity contribution < 1.29 is 8.78 Å². The lowest BCUT2D eigenvalue weighted by molar-refractivity contribution is 0.541. The topological polar surface area (TPSA) is 55.6 Å². The first-order chi connectivity index (χ1) is 13.5. The Morgan fingerprint density at radius 1 is 1.07 bits per heavy atom. The number of hydrogen-bond donors (Lipinski definition) is 1. The fourth-order valence-corrected chi connectivity index (χ4v) is 3.13. The second-order valence-electron chi connectivity index (χ2n) is 6.38. The van der Waals surface area contributed by atoms with Gasteiger partial charge in [0.1, 0.15) is 11.6 Å². The van der Waals surface area contributed by atoms with Crippen LogP contribution in [0.1, 0.15) is 16.7 Å². The Morgan fingerprint density at radius 3 is 2.64 bits per heavy atom. The minimum atomic E-state index is -0.618. The van der Waals surface area contributed by atoms with Crippen molar-refractivity contribution in [2.24, 2.45) is 0 Å². The number of nitrogens with one attached hydrogen (secondary N) is 1. The van der Waals surface area contributed by atoms with Crippen LogP contribution in [-0.2, 0) is 13.1 Å². The fraction of sp³-hybridized carbons (Fsp3) is 0.150. The largest absolute Gasteiger partial charge is 0.364 e. The van der Waals surface area contributed by atoms with Gasteiger partial charge < -0.3 is 9.88 Å². The van der Waals surface area contributed by atoms with Gasteiger partial charge in [-0.3, -0.25) is 0 Å². The molecule has 2 heterocycles. The van der Waals surface area contributed by atoms with E-state index in [1.165, 1.54) is 18.5 Å². The van der Waals surface area contributed by atoms with Crippen LogP contribution in [0.2, 0.25) is 5.28 Å². The second-order valence-corrected chi connectivity index (χ2v) is 6.72. The highest BCUT2D eigenvalue weighted by Crippen LogP contribution is 2.24. The molecular weight excluding hydrogens is 384 g/mol. The fourth-order valence-electron chi connectivity index (χ4n) is 2.97. The summed E-state index contributed by atoms with van der Waals surface area (Å²) in [7, 11) is 0. The van der Waals surface area contributed by atoms with Crippen molar-refractivity contribution in [1.82, 2.24) is 19.5 Å². The first-order valence-corrected chi connectivity index (χ1v) is 9.00. The van der Waals surface area contributed by atoms with Crippen molar-refractivity contribution in [3.63, 3.8) is 0 Å². The Hall–Kier alpha value is -3.06. The number of aryl methyl sites for hydroxylation is 1. The molecule has 0 amide bonds. The maximum Gasteiger partial charge on any atom is 0.226 e. The van der Waals surface area contributed by atoms with Crippen LogP contribution < -0.4 is 5.32 Å². The van der Waals surface area contributed by atoms with Crippen molar-refractivity contribution in [2.45, 2.75) is 20.0 Å². The maximum absolute atomic E-state index is 14.4. The summed E-state index contributed by atoms with van der Waals surface area (Å²) in [6.07, 6.45) is 1.48. The highest BCUT2D eigenvalue weighted by Gasteiger charge is 2.17. The summed E-state index contributed by atoms with van der Waals surface area (Å²) in [5.74, 6) is -0.736. The van der Waals surface area contributed by atoms with Crippen molar-refractivity contribution >= 4 is 28.6 Å². The van der Waals surface area contributed by atoms with Crippen LogP contribution in [0.5, 0.6) is 0 Å². The van der Waals surface area contributed by atoms with Gasteiger partial charge in [-0.2, -0.15) is 9.97 Å². The van der Waals surface area contributed by atoms with Gasteiger partial charge in [-0.15, -0.1) is 0 Å². The molecule has 8 heteroatoms. The zero-order chi connectivity index (χ0) is 19.7. The Balaban J connectivity index is 1.69. The Bertz CT molecular complexity index is 1140. The summed E-state index contributed by atoms with van der Waals surface area (Å²) in [4.78, 5) is 12.7. The molecule has 0 aliphatic carbocycles. The normalized spacial score (nSPS) is 11.1. The van der Waals surface area contributed by atoms with E-state index in [1.807, 2.05) is 30.3 Å². The van der Waals surface area contributed by atoms with Crippen LogP contribution in [0.3, 0.4) is 0 Å². The standard InChI is InChI=1S/C20H16ClF2N5/c1-12-7-8-15(22)14(16(12)23)10-28-11-25-17-18(26-20(21)27-19(17)28)24-9-13-5-3-2-4-6-13/h2-8,11H,9-10H2,1H3,(H,24,26,27). The van der Waals surface area contributed by atoms with E-state index >= 15 is 0 Å². The van der Waals surface area contributed by atoms with E-state index < -0.39 is 11.6 Å². The number of benzene rings is 2. The minimum absolute atomic E-state index is 0.0231. The van der Waals surface area contributed by atoms with E-state index in [0.717, 1.165) is 5.56 Å². The first kappa shape index (κ1) is 18.3. The van der Waals surface area contributed by atoms with Gasteiger partial charge in [-0.25, -0.2) is 13.8 Å². The average molecular weight is 400 g/mol. The van der Waals surface area contributed by atoms with E-state index in [1.54, 1.807) is 11.5 Å². The smallest absolute Gasteiger partial charge is 0.226 e. The summed E-state index contributed by atoms with van der Waals surface area (Å²) in [5.41, 5.74) is 2.27. The molecule has 0 aliphatic heterocycles. The molecule has 0 atom stereocenters. The van der Waals surface area contributed by atoms with Crippen molar-refractivity contribution in [3.05, 3.63) is 82.4 Å². The monoisotopic (exact) mass is 399 g/mol. The van der Waals surface area contributed by atoms with Crippen molar-refractivity contribution in [3.8, 4) is 0 Å². The molecule has 142 valence electrons. The molecule has 0 bridgehead atoms. The zero-order valence-corrected chi connectivity index (χ0v) is 15.7. The zero-order valence-electron chi connectivity index (χ0n) is 15.0. The molecule has 4 rings (SSSR count). The van der Waals surface area contributed by atoms with Gasteiger partial charge in [0, 0.05) is 12.1 Å². The summed E-state index contributed by atoms with van der Waals surface area (Å²) >= 11 is 6.07. The number of halogens is 3. The lowest BCUT2D eigenvalue weighted by Crippen LogP contribution is -2.07. The number of nitrogens with zero attached hydrogens (tertiary/aromatic N) is 4. The van der Waals surface area contributed by atoms with E-state index in [2.05, 4.69) is 20.3 Å². The summed E-state index contributed by atoms with van der Waals surface area (Å²) in [5, 5.41) is 3.22. The van der Waals surface area contributed by atoms with Gasteiger partial charge >= 0.3 is 0 Å². The highest BCUT2D eigenvalue weighted by molar-refractivity contribution is 6.28. The molecule has 0 spiro atoms. The SMILES string of the molecule is Cc1ccc(F)c(Cn2cnc3c(NCc4ccccc4)nc(Cl)nc32)c1F. The van der Waals surface area contributed by atoms with Gasteiger partial charge in [-0.1, -0.05) is 36.4 Å². The first-order valence-electron chi connectivity index (χ1n) is 8.62. The van der Waals surface area contributed by atoms with Gasteiger partial charge in [0.2, 0.25) is 5.28 Å². The molecule has 0 fully saturated rings. The lowest BCUT2D eigenvalue weighted by atomic mass is 10.1. The number of rotatable bonds is 5. The molecule has 0 saturated carbocycles. The van der Waals surface area contributed by atoms with Crippen LogP contribution in [-0.4, -0.2) is 19.5 Å². The Labute approximate surface area is 165 Å². The predicted octanol–water partition coefficient (Wildman–Crippen LogP) is 4.73. The van der Waals surface area contributed by atoms with Crippen LogP contribution >= 0.6 is 11.6 Å². The Kier molecular flexibility index (Phi) is 4.92. The minimum Gasteiger partial charge on any atom is -0.364 e. The molecule has 0 radical (unpaired) electrons. The van der Waals surface area contributed by atoms with E-state index in [-0.39, 0.29) is 17.4 Å². The van der Waals surface area contributed by atoms with E-state index in [4.69, 9.17) is 11.6 Å². The number of anilines is 1. The summed E-state index contributed by atoms with van der Waals surface area (Å²) in [6.45, 7) is 2.06. The van der Waals surface area contributed by atoms with Gasteiger partial charge in [0.25, 0.3) is 0 Å². The van der Waals surface area contributed by atoms with E-state index in [0.29, 0.717) is 29.1 Å². The van der Waals surface area contributed by atoms with Gasteiger partial charge in [-0.05, 0) is 35.7 Å². The van der Waals surface area contributed by atoms with Crippen LogP contribution in [0, 0.1) is 18.6 Å². The van der Waals surface area contributed by atoms with Gasteiger partial charge in [0.15, 0.2) is 17.0 Å². The van der Waals surface area contributed by atoms with Crippen molar-refractivity contribution in [1.29, 1.82) is 0 Å². The molecule has 0 aliphatic rings. The molecule has 2 aromatic carbocycles. The number of aromatic nitrogens is 4. The molecular formula is C20H16ClF2N5. The third kappa shape index (κ3) is 3.53. The number of fused-ring (bicyclic) bond motifs is 1. The van der Waals surface area contributed by atoms with E-state index in [9.17, 15) is 8.78 Å². The molecule has 5 nitrogen and oxygen atoms in total. The second kappa shape index (κ2) is 7.52. The third-order valence-corrected chi connectivity index (χ3v) is 4.62. The van der Waals surface area contributed by atoms with Crippen LogP contribution in [0.4, 0.5) is 14.6 Å². The van der Waals surface area contributed by atoms with Crippen molar-refractivity contribution in [2.75, 3.05) is 5.32 Å². The maximum atomic E-state index is 14.4. The molecule has 1 N–H and O–H groups in total. The third-order valence-electron chi connectivity index (χ3n) is 4.45. The summed E-state index contributed by atoms with van der Waals surface area (Å²) < 4.78 is 30.1. The molecule has 0 saturated heterocycles.